The molecule has 1 aromatic carbocycles. The average Bonchev–Trinajstić information content (AvgIpc) is 2.34. The van der Waals surface area contributed by atoms with Crippen LogP contribution in [0.4, 0.5) is 13.2 Å². The van der Waals surface area contributed by atoms with E-state index in [1.165, 1.54) is 12.1 Å². The first-order valence-electron chi connectivity index (χ1n) is 5.19. The summed E-state index contributed by atoms with van der Waals surface area (Å²) in [6, 6.07) is 4.44. The van der Waals surface area contributed by atoms with Gasteiger partial charge in [0.1, 0.15) is 12.4 Å². The Balaban J connectivity index is 0.00000121. The molecule has 0 heterocycles. The molecule has 17 heavy (non-hydrogen) atoms. The maximum Gasteiger partial charge on any atom is 0.263 e. The molecule has 0 fully saturated rings. The zero-order valence-electron chi connectivity index (χ0n) is 10.3. The first kappa shape index (κ1) is 15.8. The van der Waals surface area contributed by atoms with Gasteiger partial charge in [0, 0.05) is 12.1 Å². The van der Waals surface area contributed by atoms with Crippen LogP contribution in [0.15, 0.2) is 18.2 Å². The summed E-state index contributed by atoms with van der Waals surface area (Å²) in [6.07, 6.45) is -2.42. The van der Waals surface area contributed by atoms with E-state index in [0.717, 1.165) is 12.1 Å². The van der Waals surface area contributed by atoms with E-state index in [0.29, 0.717) is 19.5 Å². The maximum atomic E-state index is 12.3. The van der Waals surface area contributed by atoms with Crippen LogP contribution in [0.2, 0.25) is 0 Å². The molecule has 98 valence electrons. The lowest BCUT2D eigenvalue weighted by molar-refractivity contribution is 0.151. The molecule has 2 nitrogen and oxygen atoms in total. The minimum atomic E-state index is -2.42. The van der Waals surface area contributed by atoms with Crippen LogP contribution in [-0.4, -0.2) is 27.4 Å². The smallest absolute Gasteiger partial charge is 0.263 e. The lowest BCUT2D eigenvalue weighted by Crippen LogP contribution is -2.16. The molecule has 1 aromatic rings. The van der Waals surface area contributed by atoms with Gasteiger partial charge in [0.25, 0.3) is 6.43 Å². The van der Waals surface area contributed by atoms with Crippen LogP contribution in [0, 0.1) is 6.92 Å². The Labute approximate surface area is 99.8 Å². The molecule has 0 radical (unpaired) electrons. The molecule has 0 aromatic heterocycles. The Morgan fingerprint density at radius 2 is 1.94 bits per heavy atom. The molecule has 5 heteroatoms. The summed E-state index contributed by atoms with van der Waals surface area (Å²) in [6.45, 7) is 3.03. The number of ether oxygens (including phenoxy) is 1. The zero-order chi connectivity index (χ0) is 13.3. The molecule has 1 N–H and O–H groups in total. The van der Waals surface area contributed by atoms with Crippen molar-refractivity contribution in [1.29, 1.82) is 0 Å². The van der Waals surface area contributed by atoms with Crippen molar-refractivity contribution in [3.8, 4) is 5.75 Å². The van der Waals surface area contributed by atoms with E-state index < -0.39 is 6.43 Å². The summed E-state index contributed by atoms with van der Waals surface area (Å²) in [7, 11) is 2.33. The number of rotatable bonds is 5. The van der Waals surface area contributed by atoms with Gasteiger partial charge in [0.2, 0.25) is 0 Å². The molecule has 0 unspecified atom stereocenters. The lowest BCUT2D eigenvalue weighted by Gasteiger charge is -2.10. The number of likely N-dealkylation sites (N-methyl/N-ethyl adjacent to an activating group) is 1. The third-order valence-electron chi connectivity index (χ3n) is 2.06. The van der Waals surface area contributed by atoms with Crippen LogP contribution in [0.3, 0.4) is 0 Å². The molecule has 0 aliphatic carbocycles. The highest BCUT2D eigenvalue weighted by atomic mass is 19.3. The highest BCUT2D eigenvalue weighted by Crippen LogP contribution is 2.25. The monoisotopic (exact) mass is 249 g/mol. The van der Waals surface area contributed by atoms with Crippen LogP contribution < -0.4 is 10.1 Å². The number of benzene rings is 1. The summed E-state index contributed by atoms with van der Waals surface area (Å²) < 4.78 is 39.6. The number of aryl methyl sites for hydroxylation is 1. The minimum Gasteiger partial charge on any atom is -0.492 e. The van der Waals surface area contributed by atoms with Crippen molar-refractivity contribution >= 4 is 0 Å². The Morgan fingerprint density at radius 3 is 2.41 bits per heavy atom. The Bertz CT molecular complexity index is 319. The van der Waals surface area contributed by atoms with Gasteiger partial charge in [-0.15, -0.1) is 0 Å². The van der Waals surface area contributed by atoms with E-state index in [-0.39, 0.29) is 5.56 Å². The van der Waals surface area contributed by atoms with Crippen LogP contribution in [0.5, 0.6) is 5.75 Å². The number of halogens is 3. The van der Waals surface area contributed by atoms with E-state index in [1.807, 2.05) is 7.05 Å². The largest absolute Gasteiger partial charge is 0.492 e. The van der Waals surface area contributed by atoms with Crippen molar-refractivity contribution in [3.63, 3.8) is 0 Å². The summed E-state index contributed by atoms with van der Waals surface area (Å²) >= 11 is 0. The molecular weight excluding hydrogens is 231 g/mol. The van der Waals surface area contributed by atoms with E-state index >= 15 is 0 Å². The van der Waals surface area contributed by atoms with E-state index in [1.54, 1.807) is 13.0 Å². The highest BCUT2D eigenvalue weighted by molar-refractivity contribution is 5.36. The number of alkyl halides is 3. The third-order valence-corrected chi connectivity index (χ3v) is 2.06. The standard InChI is InChI=1S/C11H15F2NO.CH3F/c1-8-7-9(11(12)13)3-4-10(8)15-6-5-14-2;1-2/h3-4,7,11,14H,5-6H2,1-2H3;1H3. The first-order chi connectivity index (χ1) is 8.15. The van der Waals surface area contributed by atoms with Crippen molar-refractivity contribution in [2.45, 2.75) is 13.3 Å². The molecule has 0 amide bonds. The molecule has 0 saturated carbocycles. The molecule has 1 rings (SSSR count). The second-order valence-corrected chi connectivity index (χ2v) is 3.28. The first-order valence-corrected chi connectivity index (χ1v) is 5.19. The molecule has 0 atom stereocenters. The van der Waals surface area contributed by atoms with Crippen molar-refractivity contribution in [2.75, 3.05) is 27.4 Å². The third kappa shape index (κ3) is 5.58. The van der Waals surface area contributed by atoms with Gasteiger partial charge in [0.05, 0.1) is 7.18 Å². The van der Waals surface area contributed by atoms with Gasteiger partial charge in [-0.3, -0.25) is 4.39 Å². The van der Waals surface area contributed by atoms with Gasteiger partial charge in [-0.25, -0.2) is 8.78 Å². The van der Waals surface area contributed by atoms with E-state index in [4.69, 9.17) is 4.74 Å². The fraction of sp³-hybridized carbons (Fsp3) is 0.500. The predicted octanol–water partition coefficient (Wildman–Crippen LogP) is 3.12. The van der Waals surface area contributed by atoms with Crippen molar-refractivity contribution in [2.24, 2.45) is 0 Å². The van der Waals surface area contributed by atoms with E-state index in [2.05, 4.69) is 5.32 Å². The molecule has 0 bridgehead atoms. The van der Waals surface area contributed by atoms with E-state index in [9.17, 15) is 13.2 Å². The lowest BCUT2D eigenvalue weighted by atomic mass is 10.1. The molecule has 0 saturated heterocycles. The number of hydrogen-bond donors (Lipinski definition) is 1. The Kier molecular flexibility index (Phi) is 8.23. The van der Waals surface area contributed by atoms with Crippen LogP contribution in [-0.2, 0) is 0 Å². The number of nitrogens with one attached hydrogen (secondary N) is 1. The second-order valence-electron chi connectivity index (χ2n) is 3.28. The molecule has 0 spiro atoms. The topological polar surface area (TPSA) is 21.3 Å². The van der Waals surface area contributed by atoms with Crippen molar-refractivity contribution in [1.82, 2.24) is 5.32 Å². The SMILES string of the molecule is CF.CNCCOc1ccc(C(F)F)cc1C. The molecular formula is C12H18F3NO. The second kappa shape index (κ2) is 8.87. The summed E-state index contributed by atoms with van der Waals surface area (Å²) in [5, 5.41) is 2.94. The fourth-order valence-corrected chi connectivity index (χ4v) is 1.23. The van der Waals surface area contributed by atoms with Gasteiger partial charge in [0.15, 0.2) is 0 Å². The number of hydrogen-bond acceptors (Lipinski definition) is 2. The quantitative estimate of drug-likeness (QED) is 0.809. The van der Waals surface area contributed by atoms with Crippen molar-refractivity contribution < 1.29 is 17.9 Å². The normalized spacial score (nSPS) is 9.82. The molecule has 0 aliphatic heterocycles. The Hall–Kier alpha value is -1.23. The van der Waals surface area contributed by atoms with Crippen LogP contribution in [0.1, 0.15) is 17.6 Å². The zero-order valence-corrected chi connectivity index (χ0v) is 10.3. The van der Waals surface area contributed by atoms with Crippen molar-refractivity contribution in [3.05, 3.63) is 29.3 Å². The van der Waals surface area contributed by atoms with Gasteiger partial charge in [-0.2, -0.15) is 0 Å². The van der Waals surface area contributed by atoms with Crippen LogP contribution >= 0.6 is 0 Å². The van der Waals surface area contributed by atoms with Crippen LogP contribution in [0.25, 0.3) is 0 Å². The van der Waals surface area contributed by atoms with Gasteiger partial charge < -0.3 is 10.1 Å². The van der Waals surface area contributed by atoms with Gasteiger partial charge >= 0.3 is 0 Å². The summed E-state index contributed by atoms with van der Waals surface area (Å²) in [5.41, 5.74) is 0.775. The molecule has 0 aliphatic rings. The average molecular weight is 249 g/mol. The predicted molar refractivity (Wildman–Crippen MR) is 62.6 cm³/mol. The van der Waals surface area contributed by atoms with Gasteiger partial charge in [-0.05, 0) is 37.7 Å². The minimum absolute atomic E-state index is 0.0356. The Morgan fingerprint density at radius 1 is 1.29 bits per heavy atom. The maximum absolute atomic E-state index is 12.3. The summed E-state index contributed by atoms with van der Waals surface area (Å²) in [4.78, 5) is 0. The van der Waals surface area contributed by atoms with Gasteiger partial charge in [-0.1, -0.05) is 0 Å². The fourth-order valence-electron chi connectivity index (χ4n) is 1.23. The summed E-state index contributed by atoms with van der Waals surface area (Å²) in [5.74, 6) is 0.662. The highest BCUT2D eigenvalue weighted by Gasteiger charge is 2.08.